The van der Waals surface area contributed by atoms with Crippen LogP contribution in [0.3, 0.4) is 0 Å². The van der Waals surface area contributed by atoms with E-state index in [0.29, 0.717) is 6.04 Å². The van der Waals surface area contributed by atoms with Crippen LogP contribution in [0, 0.1) is 13.8 Å². The lowest BCUT2D eigenvalue weighted by Gasteiger charge is -2.07. The van der Waals surface area contributed by atoms with Crippen molar-refractivity contribution in [2.24, 2.45) is 0 Å². The number of aromatic nitrogens is 2. The molecule has 3 heteroatoms. The molecule has 1 heterocycles. The normalized spacial score (nSPS) is 11.2. The van der Waals surface area contributed by atoms with Crippen LogP contribution in [0.15, 0.2) is 0 Å². The van der Waals surface area contributed by atoms with Gasteiger partial charge in [0.15, 0.2) is 0 Å². The van der Waals surface area contributed by atoms with Crippen LogP contribution >= 0.6 is 0 Å². The molecule has 74 valence electrons. The Morgan fingerprint density at radius 1 is 1.38 bits per heavy atom. The predicted octanol–water partition coefficient (Wildman–Crippen LogP) is 1.57. The molecule has 0 bridgehead atoms. The van der Waals surface area contributed by atoms with E-state index in [1.54, 1.807) is 0 Å². The van der Waals surface area contributed by atoms with Crippen LogP contribution in [0.2, 0.25) is 0 Å². The molecular weight excluding hydrogens is 162 g/mol. The second-order valence-electron chi connectivity index (χ2n) is 3.77. The summed E-state index contributed by atoms with van der Waals surface area (Å²) >= 11 is 0. The lowest BCUT2D eigenvalue weighted by atomic mass is 10.1. The maximum absolute atomic E-state index is 4.16. The molecule has 0 saturated carbocycles. The average Bonchev–Trinajstić information content (AvgIpc) is 2.34. The van der Waals surface area contributed by atoms with Crippen LogP contribution in [0.4, 0.5) is 0 Å². The van der Waals surface area contributed by atoms with Crippen molar-refractivity contribution in [2.45, 2.75) is 40.2 Å². The number of nitrogens with zero attached hydrogens (tertiary/aromatic N) is 1. The first-order chi connectivity index (χ1) is 6.11. The van der Waals surface area contributed by atoms with E-state index in [4.69, 9.17) is 0 Å². The fourth-order valence-electron chi connectivity index (χ4n) is 1.43. The number of nitrogens with one attached hydrogen (secondary N) is 2. The van der Waals surface area contributed by atoms with Gasteiger partial charge in [-0.15, -0.1) is 0 Å². The molecule has 0 spiro atoms. The molecule has 0 aliphatic carbocycles. The summed E-state index contributed by atoms with van der Waals surface area (Å²) in [6, 6.07) is 0.563. The standard InChI is InChI=1S/C10H19N3/c1-7(2)11-6-5-10-8(3)12-13-9(10)4/h7,11H,5-6H2,1-4H3,(H,12,13). The van der Waals surface area contributed by atoms with Crippen molar-refractivity contribution in [1.82, 2.24) is 15.5 Å². The fourth-order valence-corrected chi connectivity index (χ4v) is 1.43. The van der Waals surface area contributed by atoms with Crippen molar-refractivity contribution in [1.29, 1.82) is 0 Å². The topological polar surface area (TPSA) is 40.7 Å². The van der Waals surface area contributed by atoms with Crippen molar-refractivity contribution in [2.75, 3.05) is 6.54 Å². The molecule has 3 nitrogen and oxygen atoms in total. The third-order valence-corrected chi connectivity index (χ3v) is 2.21. The zero-order chi connectivity index (χ0) is 9.84. The SMILES string of the molecule is Cc1n[nH]c(C)c1CCNC(C)C. The first-order valence-corrected chi connectivity index (χ1v) is 4.85. The van der Waals surface area contributed by atoms with E-state index in [1.165, 1.54) is 11.3 Å². The molecule has 0 aromatic carbocycles. The molecule has 2 N–H and O–H groups in total. The smallest absolute Gasteiger partial charge is 0.0626 e. The minimum absolute atomic E-state index is 0.563. The zero-order valence-electron chi connectivity index (χ0n) is 8.94. The van der Waals surface area contributed by atoms with Gasteiger partial charge < -0.3 is 5.32 Å². The van der Waals surface area contributed by atoms with Gasteiger partial charge in [0.1, 0.15) is 0 Å². The van der Waals surface area contributed by atoms with Crippen molar-refractivity contribution < 1.29 is 0 Å². The maximum Gasteiger partial charge on any atom is 0.0626 e. The van der Waals surface area contributed by atoms with Crippen molar-refractivity contribution in [3.05, 3.63) is 17.0 Å². The van der Waals surface area contributed by atoms with Crippen LogP contribution in [-0.4, -0.2) is 22.8 Å². The molecule has 0 aliphatic rings. The van der Waals surface area contributed by atoms with Gasteiger partial charge in [0.05, 0.1) is 5.69 Å². The Hall–Kier alpha value is -0.830. The van der Waals surface area contributed by atoms with Crippen LogP contribution in [0.5, 0.6) is 0 Å². The first kappa shape index (κ1) is 10.3. The molecular formula is C10H19N3. The maximum atomic E-state index is 4.16. The van der Waals surface area contributed by atoms with Gasteiger partial charge in [-0.25, -0.2) is 0 Å². The van der Waals surface area contributed by atoms with Crippen LogP contribution in [0.1, 0.15) is 30.8 Å². The van der Waals surface area contributed by atoms with E-state index in [2.05, 4.69) is 36.3 Å². The molecule has 0 amide bonds. The zero-order valence-corrected chi connectivity index (χ0v) is 8.94. The van der Waals surface area contributed by atoms with Crippen molar-refractivity contribution in [3.8, 4) is 0 Å². The molecule has 1 rings (SSSR count). The van der Waals surface area contributed by atoms with Gasteiger partial charge in [-0.1, -0.05) is 13.8 Å². The Balaban J connectivity index is 2.44. The fraction of sp³-hybridized carbons (Fsp3) is 0.700. The summed E-state index contributed by atoms with van der Waals surface area (Å²) in [4.78, 5) is 0. The number of aromatic amines is 1. The molecule has 0 saturated heterocycles. The van der Waals surface area contributed by atoms with Gasteiger partial charge in [0.2, 0.25) is 0 Å². The monoisotopic (exact) mass is 181 g/mol. The predicted molar refractivity (Wildman–Crippen MR) is 54.9 cm³/mol. The van der Waals surface area contributed by atoms with E-state index in [0.717, 1.165) is 18.7 Å². The Bertz CT molecular complexity index is 244. The summed E-state index contributed by atoms with van der Waals surface area (Å²) in [7, 11) is 0. The summed E-state index contributed by atoms with van der Waals surface area (Å²) in [5.74, 6) is 0. The molecule has 0 unspecified atom stereocenters. The van der Waals surface area contributed by atoms with Gasteiger partial charge >= 0.3 is 0 Å². The Morgan fingerprint density at radius 2 is 2.08 bits per heavy atom. The highest BCUT2D eigenvalue weighted by molar-refractivity contribution is 5.23. The highest BCUT2D eigenvalue weighted by Gasteiger charge is 2.05. The van der Waals surface area contributed by atoms with E-state index in [9.17, 15) is 0 Å². The highest BCUT2D eigenvalue weighted by Crippen LogP contribution is 2.08. The second-order valence-corrected chi connectivity index (χ2v) is 3.77. The Labute approximate surface area is 79.9 Å². The first-order valence-electron chi connectivity index (χ1n) is 4.85. The van der Waals surface area contributed by atoms with E-state index < -0.39 is 0 Å². The van der Waals surface area contributed by atoms with Crippen LogP contribution in [-0.2, 0) is 6.42 Å². The third kappa shape index (κ3) is 2.84. The van der Waals surface area contributed by atoms with Gasteiger partial charge in [0.25, 0.3) is 0 Å². The number of aryl methyl sites for hydroxylation is 2. The van der Waals surface area contributed by atoms with E-state index in [1.807, 2.05) is 6.92 Å². The summed E-state index contributed by atoms with van der Waals surface area (Å²) in [6.45, 7) is 9.47. The van der Waals surface area contributed by atoms with Crippen molar-refractivity contribution in [3.63, 3.8) is 0 Å². The minimum atomic E-state index is 0.563. The molecule has 0 radical (unpaired) electrons. The number of rotatable bonds is 4. The van der Waals surface area contributed by atoms with Gasteiger partial charge in [-0.05, 0) is 32.4 Å². The average molecular weight is 181 g/mol. The van der Waals surface area contributed by atoms with Gasteiger partial charge in [0, 0.05) is 11.7 Å². The largest absolute Gasteiger partial charge is 0.314 e. The van der Waals surface area contributed by atoms with Crippen LogP contribution < -0.4 is 5.32 Å². The number of H-pyrrole nitrogens is 1. The second kappa shape index (κ2) is 4.42. The molecule has 0 atom stereocenters. The van der Waals surface area contributed by atoms with Crippen LogP contribution in [0.25, 0.3) is 0 Å². The Morgan fingerprint density at radius 3 is 2.54 bits per heavy atom. The lowest BCUT2D eigenvalue weighted by molar-refractivity contribution is 0.589. The van der Waals surface area contributed by atoms with E-state index >= 15 is 0 Å². The summed E-state index contributed by atoms with van der Waals surface area (Å²) in [5.41, 5.74) is 3.68. The molecule has 1 aromatic rings. The number of hydrogen-bond donors (Lipinski definition) is 2. The summed E-state index contributed by atoms with van der Waals surface area (Å²) in [6.07, 6.45) is 1.06. The molecule has 13 heavy (non-hydrogen) atoms. The van der Waals surface area contributed by atoms with Gasteiger partial charge in [-0.2, -0.15) is 5.10 Å². The Kier molecular flexibility index (Phi) is 3.48. The number of hydrogen-bond acceptors (Lipinski definition) is 2. The molecule has 0 aliphatic heterocycles. The van der Waals surface area contributed by atoms with Crippen molar-refractivity contribution >= 4 is 0 Å². The summed E-state index contributed by atoms with van der Waals surface area (Å²) < 4.78 is 0. The highest BCUT2D eigenvalue weighted by atomic mass is 15.1. The third-order valence-electron chi connectivity index (χ3n) is 2.21. The quantitative estimate of drug-likeness (QED) is 0.740. The van der Waals surface area contributed by atoms with E-state index in [-0.39, 0.29) is 0 Å². The summed E-state index contributed by atoms with van der Waals surface area (Å²) in [5, 5.41) is 10.6. The minimum Gasteiger partial charge on any atom is -0.314 e. The molecule has 0 fully saturated rings. The van der Waals surface area contributed by atoms with Gasteiger partial charge in [-0.3, -0.25) is 5.10 Å². The lowest BCUT2D eigenvalue weighted by Crippen LogP contribution is -2.25. The molecule has 1 aromatic heterocycles.